The summed E-state index contributed by atoms with van der Waals surface area (Å²) >= 11 is 0. The highest BCUT2D eigenvalue weighted by molar-refractivity contribution is 5.91. The van der Waals surface area contributed by atoms with Gasteiger partial charge >= 0.3 is 0 Å². The monoisotopic (exact) mass is 298 g/mol. The quantitative estimate of drug-likeness (QED) is 0.925. The molecule has 0 saturated carbocycles. The van der Waals surface area contributed by atoms with Crippen molar-refractivity contribution in [2.24, 2.45) is 5.92 Å². The Morgan fingerprint density at radius 1 is 1.18 bits per heavy atom. The molecule has 4 nitrogen and oxygen atoms in total. The van der Waals surface area contributed by atoms with E-state index in [1.807, 2.05) is 12.3 Å². The summed E-state index contributed by atoms with van der Waals surface area (Å²) in [6, 6.07) is 10.8. The van der Waals surface area contributed by atoms with Crippen molar-refractivity contribution in [3.05, 3.63) is 36.5 Å². The van der Waals surface area contributed by atoms with Gasteiger partial charge in [0.2, 0.25) is 0 Å². The number of benzene rings is 1. The molecule has 2 aromatic rings. The number of para-hydroxylation sites is 1. The molecule has 0 aliphatic carbocycles. The minimum Gasteiger partial charge on any atom is -0.393 e. The number of hydrogen-bond donors (Lipinski definition) is 1. The molecular weight excluding hydrogens is 276 g/mol. The van der Waals surface area contributed by atoms with Crippen molar-refractivity contribution in [2.45, 2.75) is 31.4 Å². The molecular formula is C18H22N2O2. The topological polar surface area (TPSA) is 45.6 Å². The number of pyridine rings is 1. The number of fused-ring (bicyclic) bond motifs is 1. The lowest BCUT2D eigenvalue weighted by molar-refractivity contribution is -0.0437. The van der Waals surface area contributed by atoms with Crippen LogP contribution in [0.2, 0.25) is 0 Å². The van der Waals surface area contributed by atoms with Crippen LogP contribution in [0.5, 0.6) is 0 Å². The Bertz CT molecular complexity index is 655. The van der Waals surface area contributed by atoms with Gasteiger partial charge in [-0.05, 0) is 31.4 Å². The van der Waals surface area contributed by atoms with Gasteiger partial charge in [-0.2, -0.15) is 0 Å². The third-order valence-electron chi connectivity index (χ3n) is 5.09. The van der Waals surface area contributed by atoms with Crippen LogP contribution < -0.4 is 4.90 Å². The number of aliphatic hydroxyl groups is 1. The first kappa shape index (κ1) is 14.0. The second-order valence-corrected chi connectivity index (χ2v) is 6.34. The van der Waals surface area contributed by atoms with Crippen molar-refractivity contribution < 1.29 is 9.84 Å². The molecule has 4 heteroatoms. The van der Waals surface area contributed by atoms with Gasteiger partial charge in [-0.1, -0.05) is 18.2 Å². The second-order valence-electron chi connectivity index (χ2n) is 6.34. The Labute approximate surface area is 130 Å². The molecule has 4 rings (SSSR count). The molecule has 1 aromatic heterocycles. The standard InChI is InChI=1S/C18H22N2O2/c21-18-8-11-22-12-14(18)16-6-3-10-20(16)17-7-9-19-15-5-2-1-4-13(15)17/h1-2,4-5,7,9,14,16,18,21H,3,6,8,10-12H2/t14-,16+,18+/m0/s1. The summed E-state index contributed by atoms with van der Waals surface area (Å²) in [7, 11) is 0. The SMILES string of the molecule is O[C@@H]1CCOC[C@H]1[C@H]1CCCN1c1ccnc2ccccc12. The predicted octanol–water partition coefficient (Wildman–Crippen LogP) is 2.60. The van der Waals surface area contributed by atoms with Crippen LogP contribution in [0.4, 0.5) is 5.69 Å². The molecule has 116 valence electrons. The van der Waals surface area contributed by atoms with E-state index in [4.69, 9.17) is 4.74 Å². The van der Waals surface area contributed by atoms with Crippen LogP contribution in [0.15, 0.2) is 36.5 Å². The van der Waals surface area contributed by atoms with Gasteiger partial charge in [0.25, 0.3) is 0 Å². The fraction of sp³-hybridized carbons (Fsp3) is 0.500. The van der Waals surface area contributed by atoms with E-state index in [2.05, 4.69) is 34.1 Å². The first-order valence-corrected chi connectivity index (χ1v) is 8.21. The van der Waals surface area contributed by atoms with Crippen LogP contribution in [0.25, 0.3) is 10.9 Å². The molecule has 0 amide bonds. The van der Waals surface area contributed by atoms with Crippen LogP contribution in [-0.4, -0.2) is 42.0 Å². The van der Waals surface area contributed by atoms with Crippen LogP contribution >= 0.6 is 0 Å². The fourth-order valence-corrected chi connectivity index (χ4v) is 3.98. The lowest BCUT2D eigenvalue weighted by Gasteiger charge is -2.38. The Morgan fingerprint density at radius 3 is 3.00 bits per heavy atom. The van der Waals surface area contributed by atoms with Crippen molar-refractivity contribution in [1.29, 1.82) is 0 Å². The molecule has 22 heavy (non-hydrogen) atoms. The molecule has 0 radical (unpaired) electrons. The molecule has 0 bridgehead atoms. The van der Waals surface area contributed by atoms with Gasteiger partial charge in [0, 0.05) is 42.4 Å². The van der Waals surface area contributed by atoms with Gasteiger partial charge in [-0.25, -0.2) is 0 Å². The van der Waals surface area contributed by atoms with Gasteiger partial charge < -0.3 is 14.7 Å². The van der Waals surface area contributed by atoms with Crippen molar-refractivity contribution >= 4 is 16.6 Å². The first-order chi connectivity index (χ1) is 10.8. The van der Waals surface area contributed by atoms with E-state index >= 15 is 0 Å². The van der Waals surface area contributed by atoms with Crippen LogP contribution in [0.3, 0.4) is 0 Å². The van der Waals surface area contributed by atoms with Crippen LogP contribution in [0, 0.1) is 5.92 Å². The average molecular weight is 298 g/mol. The number of rotatable bonds is 2. The average Bonchev–Trinajstić information content (AvgIpc) is 3.04. The summed E-state index contributed by atoms with van der Waals surface area (Å²) in [4.78, 5) is 6.93. The zero-order valence-corrected chi connectivity index (χ0v) is 12.7. The Balaban J connectivity index is 1.70. The summed E-state index contributed by atoms with van der Waals surface area (Å²) in [5.41, 5.74) is 2.27. The summed E-state index contributed by atoms with van der Waals surface area (Å²) in [5, 5.41) is 11.6. The molecule has 1 N–H and O–H groups in total. The van der Waals surface area contributed by atoms with Crippen molar-refractivity contribution in [3.63, 3.8) is 0 Å². The van der Waals surface area contributed by atoms with E-state index in [0.717, 1.165) is 24.9 Å². The lowest BCUT2D eigenvalue weighted by Crippen LogP contribution is -2.46. The van der Waals surface area contributed by atoms with E-state index in [9.17, 15) is 5.11 Å². The molecule has 2 saturated heterocycles. The number of hydrogen-bond acceptors (Lipinski definition) is 4. The first-order valence-electron chi connectivity index (χ1n) is 8.21. The smallest absolute Gasteiger partial charge is 0.0722 e. The highest BCUT2D eigenvalue weighted by Crippen LogP contribution is 2.36. The number of anilines is 1. The molecule has 2 aliphatic rings. The van der Waals surface area contributed by atoms with Crippen molar-refractivity contribution in [1.82, 2.24) is 4.98 Å². The van der Waals surface area contributed by atoms with Crippen LogP contribution in [0.1, 0.15) is 19.3 Å². The maximum atomic E-state index is 10.4. The number of aromatic nitrogens is 1. The normalized spacial score (nSPS) is 29.1. The van der Waals surface area contributed by atoms with E-state index in [1.165, 1.54) is 17.5 Å². The minimum atomic E-state index is -0.243. The van der Waals surface area contributed by atoms with Gasteiger partial charge in [-0.3, -0.25) is 4.98 Å². The molecule has 3 atom stereocenters. The van der Waals surface area contributed by atoms with E-state index in [-0.39, 0.29) is 12.0 Å². The third-order valence-corrected chi connectivity index (χ3v) is 5.09. The highest BCUT2D eigenvalue weighted by atomic mass is 16.5. The summed E-state index contributed by atoms with van der Waals surface area (Å²) in [6.45, 7) is 2.40. The van der Waals surface area contributed by atoms with E-state index < -0.39 is 0 Å². The minimum absolute atomic E-state index is 0.211. The Kier molecular flexibility index (Phi) is 3.72. The molecule has 0 unspecified atom stereocenters. The Hall–Kier alpha value is -1.65. The van der Waals surface area contributed by atoms with E-state index in [1.54, 1.807) is 0 Å². The summed E-state index contributed by atoms with van der Waals surface area (Å²) in [6.07, 6.45) is 4.70. The summed E-state index contributed by atoms with van der Waals surface area (Å²) < 4.78 is 5.64. The predicted molar refractivity (Wildman–Crippen MR) is 87.0 cm³/mol. The summed E-state index contributed by atoms with van der Waals surface area (Å²) in [5.74, 6) is 0.211. The van der Waals surface area contributed by atoms with Crippen molar-refractivity contribution in [3.8, 4) is 0 Å². The molecule has 2 fully saturated rings. The molecule has 2 aliphatic heterocycles. The zero-order chi connectivity index (χ0) is 14.9. The van der Waals surface area contributed by atoms with Gasteiger partial charge in [0.1, 0.15) is 0 Å². The highest BCUT2D eigenvalue weighted by Gasteiger charge is 2.38. The number of nitrogens with zero attached hydrogens (tertiary/aromatic N) is 2. The van der Waals surface area contributed by atoms with Crippen LogP contribution in [-0.2, 0) is 4.74 Å². The number of aliphatic hydroxyl groups excluding tert-OH is 1. The number of ether oxygens (including phenoxy) is 1. The Morgan fingerprint density at radius 2 is 2.09 bits per heavy atom. The maximum absolute atomic E-state index is 10.4. The third kappa shape index (κ3) is 2.36. The molecule has 3 heterocycles. The van der Waals surface area contributed by atoms with Gasteiger partial charge in [0.05, 0.1) is 18.2 Å². The van der Waals surface area contributed by atoms with Gasteiger partial charge in [0.15, 0.2) is 0 Å². The zero-order valence-electron chi connectivity index (χ0n) is 12.7. The lowest BCUT2D eigenvalue weighted by atomic mass is 9.89. The molecule has 1 aromatic carbocycles. The second kappa shape index (κ2) is 5.86. The maximum Gasteiger partial charge on any atom is 0.0722 e. The van der Waals surface area contributed by atoms with E-state index in [0.29, 0.717) is 19.3 Å². The fourth-order valence-electron chi connectivity index (χ4n) is 3.98. The molecule has 0 spiro atoms. The van der Waals surface area contributed by atoms with Crippen molar-refractivity contribution in [2.75, 3.05) is 24.7 Å². The van der Waals surface area contributed by atoms with Gasteiger partial charge in [-0.15, -0.1) is 0 Å². The largest absolute Gasteiger partial charge is 0.393 e.